The Morgan fingerprint density at radius 3 is 2.30 bits per heavy atom. The van der Waals surface area contributed by atoms with Crippen molar-refractivity contribution in [1.82, 2.24) is 0 Å². The number of nitrogens with zero attached hydrogens (tertiary/aromatic N) is 1. The molecule has 0 unspecified atom stereocenters. The number of hydrogen-bond donors (Lipinski definition) is 2. The molecule has 0 saturated heterocycles. The molecule has 1 heterocycles. The van der Waals surface area contributed by atoms with Crippen molar-refractivity contribution in [2.75, 3.05) is 14.9 Å². The van der Waals surface area contributed by atoms with Crippen molar-refractivity contribution in [1.29, 1.82) is 0 Å². The number of fused-ring (bicyclic) bond motifs is 1. The van der Waals surface area contributed by atoms with Gasteiger partial charge in [-0.3, -0.25) is 13.9 Å². The van der Waals surface area contributed by atoms with Gasteiger partial charge in [-0.05, 0) is 79.6 Å². The molecule has 2 N–H and O–H groups in total. The largest absolute Gasteiger partial charge is 0.326 e. The van der Waals surface area contributed by atoms with Gasteiger partial charge in [0.05, 0.1) is 10.6 Å². The van der Waals surface area contributed by atoms with Crippen LogP contribution < -0.4 is 14.9 Å². The Kier molecular flexibility index (Phi) is 6.14. The Labute approximate surface area is 197 Å². The smallest absolute Gasteiger partial charge is 0.264 e. The van der Waals surface area contributed by atoms with Crippen LogP contribution in [-0.2, 0) is 21.2 Å². The number of sulfonamides is 1. The first-order chi connectivity index (χ1) is 15.6. The zero-order valence-electron chi connectivity index (χ0n) is 18.0. The van der Waals surface area contributed by atoms with Crippen molar-refractivity contribution in [3.63, 3.8) is 0 Å². The lowest BCUT2D eigenvalue weighted by Gasteiger charge is -2.24. The predicted molar refractivity (Wildman–Crippen MR) is 129 cm³/mol. The van der Waals surface area contributed by atoms with Crippen LogP contribution in [0.4, 0.5) is 17.1 Å². The highest BCUT2D eigenvalue weighted by molar-refractivity contribution is 7.92. The molecule has 7 nitrogen and oxygen atoms in total. The SMILES string of the molecule is CC(=O)Nc1cccc(NC(=O)c2ccc3c(c2)C[C@@H](C)N3S(=O)(=O)c2ccc(Cl)cc2)c1. The standard InChI is InChI=1S/C24H22ClN3O4S/c1-15-12-18-13-17(24(30)27-21-5-3-4-20(14-21)26-16(2)29)6-11-23(18)28(15)33(31,32)22-9-7-19(25)8-10-22/h3-11,13-15H,12H2,1-2H3,(H,26,29)(H,27,30)/t15-/m1/s1. The molecule has 0 bridgehead atoms. The number of amides is 2. The van der Waals surface area contributed by atoms with Crippen LogP contribution in [0.3, 0.4) is 0 Å². The second-order valence-electron chi connectivity index (χ2n) is 7.87. The van der Waals surface area contributed by atoms with Crippen molar-refractivity contribution < 1.29 is 18.0 Å². The fraction of sp³-hybridized carbons (Fsp3) is 0.167. The molecule has 2 amide bonds. The maximum Gasteiger partial charge on any atom is 0.264 e. The Morgan fingerprint density at radius 2 is 1.64 bits per heavy atom. The van der Waals surface area contributed by atoms with Crippen LogP contribution in [0.5, 0.6) is 0 Å². The molecule has 0 radical (unpaired) electrons. The molecule has 9 heteroatoms. The van der Waals surface area contributed by atoms with Crippen LogP contribution >= 0.6 is 11.6 Å². The number of carbonyl (C=O) groups excluding carboxylic acids is 2. The number of rotatable bonds is 5. The molecule has 170 valence electrons. The van der Waals surface area contributed by atoms with E-state index in [1.807, 2.05) is 6.92 Å². The highest BCUT2D eigenvalue weighted by Gasteiger charge is 2.36. The highest BCUT2D eigenvalue weighted by Crippen LogP contribution is 2.37. The summed E-state index contributed by atoms with van der Waals surface area (Å²) in [5, 5.41) is 5.95. The minimum absolute atomic E-state index is 0.160. The number of hydrogen-bond acceptors (Lipinski definition) is 4. The lowest BCUT2D eigenvalue weighted by Crippen LogP contribution is -2.35. The monoisotopic (exact) mass is 483 g/mol. The van der Waals surface area contributed by atoms with Crippen molar-refractivity contribution in [2.24, 2.45) is 0 Å². The van der Waals surface area contributed by atoms with Gasteiger partial charge >= 0.3 is 0 Å². The van der Waals surface area contributed by atoms with Gasteiger partial charge in [-0.15, -0.1) is 0 Å². The van der Waals surface area contributed by atoms with Crippen LogP contribution in [-0.4, -0.2) is 26.3 Å². The van der Waals surface area contributed by atoms with Crippen molar-refractivity contribution in [3.8, 4) is 0 Å². The third-order valence-corrected chi connectivity index (χ3v) is 7.50. The van der Waals surface area contributed by atoms with Gasteiger partial charge in [-0.25, -0.2) is 8.42 Å². The topological polar surface area (TPSA) is 95.6 Å². The molecule has 4 rings (SSSR count). The van der Waals surface area contributed by atoms with E-state index in [2.05, 4.69) is 10.6 Å². The molecule has 1 aliphatic rings. The van der Waals surface area contributed by atoms with Crippen LogP contribution in [0, 0.1) is 0 Å². The summed E-state index contributed by atoms with van der Waals surface area (Å²) in [7, 11) is -3.77. The van der Waals surface area contributed by atoms with Gasteiger partial charge in [0, 0.05) is 34.9 Å². The molecular weight excluding hydrogens is 462 g/mol. The fourth-order valence-electron chi connectivity index (χ4n) is 3.91. The predicted octanol–water partition coefficient (Wildman–Crippen LogP) is 4.69. The van der Waals surface area contributed by atoms with E-state index in [-0.39, 0.29) is 22.8 Å². The van der Waals surface area contributed by atoms with E-state index < -0.39 is 10.0 Å². The van der Waals surface area contributed by atoms with E-state index in [1.165, 1.54) is 23.4 Å². The Balaban J connectivity index is 1.58. The Hall–Kier alpha value is -3.36. The second-order valence-corrected chi connectivity index (χ2v) is 10.1. The summed E-state index contributed by atoms with van der Waals surface area (Å²) in [6, 6.07) is 17.6. The van der Waals surface area contributed by atoms with Gasteiger partial charge in [0.25, 0.3) is 15.9 Å². The van der Waals surface area contributed by atoms with Crippen LogP contribution in [0.1, 0.15) is 29.8 Å². The average molecular weight is 484 g/mol. The van der Waals surface area contributed by atoms with E-state index in [9.17, 15) is 18.0 Å². The zero-order valence-corrected chi connectivity index (χ0v) is 19.6. The van der Waals surface area contributed by atoms with E-state index in [0.717, 1.165) is 5.56 Å². The number of halogens is 1. The number of carbonyl (C=O) groups is 2. The van der Waals surface area contributed by atoms with Gasteiger partial charge in [0.1, 0.15) is 0 Å². The quantitative estimate of drug-likeness (QED) is 0.550. The molecule has 0 aliphatic carbocycles. The lowest BCUT2D eigenvalue weighted by molar-refractivity contribution is -0.114. The molecule has 0 saturated carbocycles. The normalized spacial score (nSPS) is 15.1. The van der Waals surface area contributed by atoms with Crippen LogP contribution in [0.2, 0.25) is 5.02 Å². The maximum absolute atomic E-state index is 13.3. The average Bonchev–Trinajstić information content (AvgIpc) is 3.09. The summed E-state index contributed by atoms with van der Waals surface area (Å²) in [6.45, 7) is 3.24. The summed E-state index contributed by atoms with van der Waals surface area (Å²) in [6.07, 6.45) is 0.487. The third-order valence-electron chi connectivity index (χ3n) is 5.31. The molecular formula is C24H22ClN3O4S. The first-order valence-electron chi connectivity index (χ1n) is 10.3. The van der Waals surface area contributed by atoms with Crippen LogP contribution in [0.25, 0.3) is 0 Å². The summed E-state index contributed by atoms with van der Waals surface area (Å²) >= 11 is 5.90. The maximum atomic E-state index is 13.3. The lowest BCUT2D eigenvalue weighted by atomic mass is 10.1. The Morgan fingerprint density at radius 1 is 0.970 bits per heavy atom. The van der Waals surface area contributed by atoms with Gasteiger partial charge in [0.15, 0.2) is 0 Å². The minimum atomic E-state index is -3.77. The third kappa shape index (κ3) is 4.72. The van der Waals surface area contributed by atoms with E-state index >= 15 is 0 Å². The van der Waals surface area contributed by atoms with E-state index in [1.54, 1.807) is 54.6 Å². The van der Waals surface area contributed by atoms with Crippen LogP contribution in [0.15, 0.2) is 71.6 Å². The highest BCUT2D eigenvalue weighted by atomic mass is 35.5. The summed E-state index contributed by atoms with van der Waals surface area (Å²) in [4.78, 5) is 24.2. The van der Waals surface area contributed by atoms with Gasteiger partial charge in [-0.2, -0.15) is 0 Å². The summed E-state index contributed by atoms with van der Waals surface area (Å²) in [5.74, 6) is -0.534. The summed E-state index contributed by atoms with van der Waals surface area (Å²) in [5.41, 5.74) is 2.86. The molecule has 0 fully saturated rings. The Bertz CT molecular complexity index is 1340. The first-order valence-corrected chi connectivity index (χ1v) is 12.1. The zero-order chi connectivity index (χ0) is 23.8. The number of nitrogens with one attached hydrogen (secondary N) is 2. The number of benzene rings is 3. The van der Waals surface area contributed by atoms with Gasteiger partial charge in [0.2, 0.25) is 5.91 Å². The molecule has 3 aromatic rings. The van der Waals surface area contributed by atoms with Crippen molar-refractivity contribution >= 4 is 50.5 Å². The molecule has 0 aromatic heterocycles. The molecule has 1 aliphatic heterocycles. The first kappa shape index (κ1) is 22.8. The second kappa shape index (κ2) is 8.88. The molecule has 33 heavy (non-hydrogen) atoms. The minimum Gasteiger partial charge on any atom is -0.326 e. The number of anilines is 3. The van der Waals surface area contributed by atoms with E-state index in [0.29, 0.717) is 34.1 Å². The molecule has 3 aromatic carbocycles. The van der Waals surface area contributed by atoms with Gasteiger partial charge in [-0.1, -0.05) is 17.7 Å². The van der Waals surface area contributed by atoms with Crippen molar-refractivity contribution in [3.05, 3.63) is 82.9 Å². The fourth-order valence-corrected chi connectivity index (χ4v) is 5.73. The summed E-state index contributed by atoms with van der Waals surface area (Å²) < 4.78 is 27.9. The van der Waals surface area contributed by atoms with Crippen molar-refractivity contribution in [2.45, 2.75) is 31.2 Å². The van der Waals surface area contributed by atoms with E-state index in [4.69, 9.17) is 11.6 Å². The van der Waals surface area contributed by atoms with Gasteiger partial charge < -0.3 is 10.6 Å². The molecule has 0 spiro atoms. The molecule has 1 atom stereocenters.